The topological polar surface area (TPSA) is 47.6 Å². The van der Waals surface area contributed by atoms with Gasteiger partial charge in [0.15, 0.2) is 0 Å². The van der Waals surface area contributed by atoms with E-state index in [1.54, 1.807) is 11.1 Å². The Balaban J connectivity index is 0.000000155. The molecule has 4 heterocycles. The molecule has 3 aliphatic rings. The summed E-state index contributed by atoms with van der Waals surface area (Å²) in [6.45, 7) is 31.0. The average molecular weight is 1160 g/mol. The molecule has 0 amide bonds. The van der Waals surface area contributed by atoms with Crippen molar-refractivity contribution >= 4 is 66.2 Å². The Labute approximate surface area is 512 Å². The fourth-order valence-corrected chi connectivity index (χ4v) is 15.0. The average Bonchev–Trinajstić information content (AvgIpc) is 4.45. The number of hydrogen-bond acceptors (Lipinski definition) is 6. The number of aryl methyl sites for hydroxylation is 4. The van der Waals surface area contributed by atoms with Gasteiger partial charge >= 0.3 is 0 Å². The number of nitrogens with zero attached hydrogens (tertiary/aromatic N) is 2. The van der Waals surface area contributed by atoms with Gasteiger partial charge in [-0.15, -0.1) is 45.3 Å². The Morgan fingerprint density at radius 1 is 0.354 bits per heavy atom. The van der Waals surface area contributed by atoms with Gasteiger partial charge in [-0.2, -0.15) is 10.5 Å². The Morgan fingerprint density at radius 2 is 0.841 bits per heavy atom. The van der Waals surface area contributed by atoms with Crippen molar-refractivity contribution in [1.29, 1.82) is 10.5 Å². The third-order valence-electron chi connectivity index (χ3n) is 15.5. The molecule has 4 aromatic heterocycles. The molecule has 0 N–H and O–H groups in total. The van der Waals surface area contributed by atoms with Crippen LogP contribution in [0.15, 0.2) is 139 Å². The Bertz CT molecular complexity index is 3380. The lowest BCUT2D eigenvalue weighted by Gasteiger charge is -2.17. The normalized spacial score (nSPS) is 13.0. The molecular formula is C76H94N2S4. The largest absolute Gasteiger partial charge is 0.192 e. The molecule has 0 saturated heterocycles. The van der Waals surface area contributed by atoms with Gasteiger partial charge in [-0.1, -0.05) is 212 Å². The highest BCUT2D eigenvalue weighted by atomic mass is 32.1. The van der Waals surface area contributed by atoms with Crippen molar-refractivity contribution in [3.63, 3.8) is 0 Å². The van der Waals surface area contributed by atoms with E-state index in [9.17, 15) is 0 Å². The van der Waals surface area contributed by atoms with Gasteiger partial charge in [-0.25, -0.2) is 0 Å². The summed E-state index contributed by atoms with van der Waals surface area (Å²) in [5, 5.41) is 24.4. The van der Waals surface area contributed by atoms with Gasteiger partial charge in [-0.05, 0) is 191 Å². The molecule has 0 fully saturated rings. The third kappa shape index (κ3) is 19.0. The van der Waals surface area contributed by atoms with Crippen LogP contribution in [0.1, 0.15) is 250 Å². The smallest absolute Gasteiger partial charge is 0.101 e. The first kappa shape index (κ1) is 65.6. The van der Waals surface area contributed by atoms with Crippen molar-refractivity contribution in [2.75, 3.05) is 0 Å². The van der Waals surface area contributed by atoms with Crippen LogP contribution >= 0.6 is 45.3 Å². The maximum atomic E-state index is 9.17. The predicted octanol–water partition coefficient (Wildman–Crippen LogP) is 24.2. The zero-order valence-corrected chi connectivity index (χ0v) is 55.4. The molecule has 12 rings (SSSR count). The van der Waals surface area contributed by atoms with Gasteiger partial charge in [0.1, 0.15) is 12.1 Å². The number of fused-ring (bicyclic) bond motifs is 5. The van der Waals surface area contributed by atoms with E-state index in [1.807, 2.05) is 51.4 Å². The van der Waals surface area contributed by atoms with Crippen LogP contribution in [0.3, 0.4) is 0 Å². The molecule has 3 aliphatic carbocycles. The molecule has 82 heavy (non-hydrogen) atoms. The fourth-order valence-electron chi connectivity index (χ4n) is 10.5. The van der Waals surface area contributed by atoms with Crippen LogP contribution in [-0.2, 0) is 38.5 Å². The molecule has 0 unspecified atom stereocenters. The quantitative estimate of drug-likeness (QED) is 0.160. The summed E-state index contributed by atoms with van der Waals surface area (Å²) in [6.07, 6.45) is 13.8. The SMILES string of the molecule is CC(C)c1cc2ccccc2s1.CC(C)c1ccc2c(c1)CCCC2.CC(C)c1ccc2ccccc2c1.CC(C)c1ccccc1.CC(C)c1cccs1.CC(C)c1sc2c(c1C#N)CCC2.CC(C)c1sc2c(c1C#N)CCCC2. The van der Waals surface area contributed by atoms with E-state index in [0.717, 1.165) is 24.0 Å². The molecule has 0 saturated carbocycles. The molecule has 0 aliphatic heterocycles. The number of benzene rings is 5. The molecule has 9 aromatic rings. The molecule has 0 spiro atoms. The van der Waals surface area contributed by atoms with E-state index in [1.165, 1.54) is 136 Å². The second-order valence-corrected chi connectivity index (χ2v) is 28.7. The van der Waals surface area contributed by atoms with Crippen LogP contribution in [0, 0.1) is 22.7 Å². The van der Waals surface area contributed by atoms with Crippen molar-refractivity contribution in [3.8, 4) is 12.1 Å². The number of thiophene rings is 4. The molecule has 0 radical (unpaired) electrons. The lowest BCUT2D eigenvalue weighted by Crippen LogP contribution is -2.03. The Morgan fingerprint density at radius 3 is 1.35 bits per heavy atom. The predicted molar refractivity (Wildman–Crippen MR) is 365 cm³/mol. The van der Waals surface area contributed by atoms with Crippen LogP contribution in [0.25, 0.3) is 20.9 Å². The lowest BCUT2D eigenvalue weighted by atomic mass is 9.88. The van der Waals surface area contributed by atoms with Crippen LogP contribution in [-0.4, -0.2) is 0 Å². The van der Waals surface area contributed by atoms with Crippen molar-refractivity contribution in [1.82, 2.24) is 0 Å². The molecule has 2 nitrogen and oxygen atoms in total. The van der Waals surface area contributed by atoms with E-state index in [2.05, 4.69) is 242 Å². The summed E-state index contributed by atoms with van der Waals surface area (Å²) >= 11 is 7.47. The number of hydrogen-bond donors (Lipinski definition) is 0. The third-order valence-corrected chi connectivity index (χ3v) is 21.3. The fraction of sp³-hybridized carbons (Fsp3) is 0.421. The first-order valence-electron chi connectivity index (χ1n) is 30.7. The van der Waals surface area contributed by atoms with Gasteiger partial charge in [0.25, 0.3) is 0 Å². The molecule has 5 aromatic carbocycles. The van der Waals surface area contributed by atoms with E-state index < -0.39 is 0 Å². The van der Waals surface area contributed by atoms with Crippen molar-refractivity contribution in [2.45, 2.75) is 209 Å². The molecule has 0 bridgehead atoms. The number of rotatable bonds is 7. The molecular weight excluding hydrogens is 1070 g/mol. The summed E-state index contributed by atoms with van der Waals surface area (Å²) in [4.78, 5) is 8.52. The highest BCUT2D eigenvalue weighted by Gasteiger charge is 2.24. The Hall–Kier alpha value is -5.60. The first-order chi connectivity index (χ1) is 39.4. The minimum Gasteiger partial charge on any atom is -0.192 e. The maximum absolute atomic E-state index is 9.17. The second-order valence-electron chi connectivity index (χ2n) is 24.3. The van der Waals surface area contributed by atoms with Crippen molar-refractivity contribution in [2.24, 2.45) is 0 Å². The van der Waals surface area contributed by atoms with E-state index >= 15 is 0 Å². The van der Waals surface area contributed by atoms with Crippen LogP contribution < -0.4 is 0 Å². The zero-order valence-electron chi connectivity index (χ0n) is 52.1. The van der Waals surface area contributed by atoms with E-state index in [-0.39, 0.29) is 0 Å². The standard InChI is InChI=1S/C13H18.C13H14.C12H15NS.C11H13NS.C11H12S.C9H12.C7H10S/c2*1-10(2)12-8-7-11-5-3-4-6-13(11)9-12;1-8(2)12-10(7-13)9-5-3-4-6-11(9)14-12;1-7(2)11-9(6-12)8-4-3-5-10(8)13-11;1-8(2)11-7-9-5-3-4-6-10(9)12-11;1-8(2)9-6-4-3-5-7-9;1-6(2)7-4-3-5-8-7/h7-10H,3-6H2,1-2H3;3-10H,1-2H3;8H,3-6H2,1-2H3;7H,3-5H2,1-2H3;3-8H,1-2H3;3-8H,1-2H3;3-6H,1-2H3. The van der Waals surface area contributed by atoms with E-state index in [4.69, 9.17) is 10.5 Å². The lowest BCUT2D eigenvalue weighted by molar-refractivity contribution is 0.682. The van der Waals surface area contributed by atoms with Gasteiger partial charge in [0, 0.05) is 34.0 Å². The van der Waals surface area contributed by atoms with Crippen molar-refractivity contribution < 1.29 is 0 Å². The first-order valence-corrected chi connectivity index (χ1v) is 34.0. The van der Waals surface area contributed by atoms with Crippen molar-refractivity contribution in [3.05, 3.63) is 218 Å². The molecule has 6 heteroatoms. The van der Waals surface area contributed by atoms with E-state index in [0.29, 0.717) is 41.4 Å². The van der Waals surface area contributed by atoms with Crippen LogP contribution in [0.5, 0.6) is 0 Å². The number of nitriles is 2. The minimum atomic E-state index is 0.500. The maximum Gasteiger partial charge on any atom is 0.101 e. The van der Waals surface area contributed by atoms with Gasteiger partial charge in [-0.3, -0.25) is 0 Å². The summed E-state index contributed by atoms with van der Waals surface area (Å²) in [5.41, 5.74) is 12.3. The monoisotopic (exact) mass is 1160 g/mol. The highest BCUT2D eigenvalue weighted by Crippen LogP contribution is 2.40. The van der Waals surface area contributed by atoms with Gasteiger partial charge in [0.2, 0.25) is 0 Å². The molecule has 432 valence electrons. The van der Waals surface area contributed by atoms with Gasteiger partial charge in [0.05, 0.1) is 11.1 Å². The summed E-state index contributed by atoms with van der Waals surface area (Å²) in [5.74, 6) is 4.31. The summed E-state index contributed by atoms with van der Waals surface area (Å²) in [6, 6.07) is 52.6. The Kier molecular flexibility index (Phi) is 26.4. The van der Waals surface area contributed by atoms with Crippen LogP contribution in [0.4, 0.5) is 0 Å². The van der Waals surface area contributed by atoms with Crippen LogP contribution in [0.2, 0.25) is 0 Å². The summed E-state index contributed by atoms with van der Waals surface area (Å²) in [7, 11) is 0. The minimum absolute atomic E-state index is 0.500. The van der Waals surface area contributed by atoms with Gasteiger partial charge < -0.3 is 0 Å². The highest BCUT2D eigenvalue weighted by molar-refractivity contribution is 7.19. The molecule has 0 atom stereocenters. The summed E-state index contributed by atoms with van der Waals surface area (Å²) < 4.78 is 1.40. The second kappa shape index (κ2) is 33.0. The zero-order chi connectivity index (χ0) is 59.3.